The van der Waals surface area contributed by atoms with Crippen molar-refractivity contribution in [2.75, 3.05) is 29.5 Å². The van der Waals surface area contributed by atoms with Gasteiger partial charge in [0.15, 0.2) is 9.84 Å². The molecule has 11 heteroatoms. The number of benzene rings is 2. The first-order chi connectivity index (χ1) is 20.2. The molecule has 2 atom stereocenters. The second-order valence-electron chi connectivity index (χ2n) is 11.5. The average molecular weight is 603 g/mol. The Bertz CT molecular complexity index is 1700. The predicted molar refractivity (Wildman–Crippen MR) is 160 cm³/mol. The summed E-state index contributed by atoms with van der Waals surface area (Å²) < 4.78 is 25.5. The molecule has 0 radical (unpaired) electrons. The van der Waals surface area contributed by atoms with Gasteiger partial charge in [0.2, 0.25) is 5.91 Å². The Hall–Kier alpha value is -3.86. The van der Waals surface area contributed by atoms with Crippen LogP contribution >= 0.6 is 11.6 Å². The highest BCUT2D eigenvalue weighted by Gasteiger charge is 2.47. The lowest BCUT2D eigenvalue weighted by Gasteiger charge is -2.31. The topological polar surface area (TPSA) is 132 Å². The monoisotopic (exact) mass is 602 g/mol. The van der Waals surface area contributed by atoms with E-state index in [1.165, 1.54) is 0 Å². The molecule has 42 heavy (non-hydrogen) atoms. The number of hydrogen-bond donors (Lipinski definition) is 1. The highest BCUT2D eigenvalue weighted by Crippen LogP contribution is 2.43. The van der Waals surface area contributed by atoms with E-state index in [0.717, 1.165) is 41.8 Å². The van der Waals surface area contributed by atoms with Gasteiger partial charge in [0.25, 0.3) is 0 Å². The Morgan fingerprint density at radius 3 is 2.43 bits per heavy atom. The van der Waals surface area contributed by atoms with Gasteiger partial charge in [-0.15, -0.1) is 0 Å². The fourth-order valence-corrected chi connectivity index (χ4v) is 7.49. The molecular weight excluding hydrogens is 572 g/mol. The number of rotatable bonds is 6. The van der Waals surface area contributed by atoms with Gasteiger partial charge in [-0.1, -0.05) is 36.6 Å². The highest BCUT2D eigenvalue weighted by molar-refractivity contribution is 7.91. The smallest absolute Gasteiger partial charge is 0.225 e. The lowest BCUT2D eigenvalue weighted by Crippen LogP contribution is -2.42. The Morgan fingerprint density at radius 2 is 1.76 bits per heavy atom. The van der Waals surface area contributed by atoms with Crippen LogP contribution in [0.5, 0.6) is 0 Å². The molecule has 3 aliphatic rings. The van der Waals surface area contributed by atoms with E-state index in [4.69, 9.17) is 16.7 Å². The molecule has 1 aromatic heterocycles. The van der Waals surface area contributed by atoms with Crippen LogP contribution in [0, 0.1) is 28.6 Å². The summed E-state index contributed by atoms with van der Waals surface area (Å²) in [6, 6.07) is 17.6. The molecular formula is C31H31ClN6O3S. The van der Waals surface area contributed by atoms with Gasteiger partial charge in [-0.2, -0.15) is 15.6 Å². The summed E-state index contributed by atoms with van der Waals surface area (Å²) >= 11 is 6.17. The van der Waals surface area contributed by atoms with Crippen molar-refractivity contribution in [3.05, 3.63) is 64.9 Å². The Morgan fingerprint density at radius 1 is 1.05 bits per heavy atom. The maximum Gasteiger partial charge on any atom is 0.225 e. The first-order valence-corrected chi connectivity index (χ1v) is 16.5. The van der Waals surface area contributed by atoms with Crippen LogP contribution in [-0.4, -0.2) is 54.2 Å². The molecule has 2 saturated carbocycles. The van der Waals surface area contributed by atoms with Crippen LogP contribution in [0.3, 0.4) is 0 Å². The van der Waals surface area contributed by atoms with E-state index in [1.54, 1.807) is 22.9 Å². The molecule has 6 rings (SSSR count). The van der Waals surface area contributed by atoms with Crippen LogP contribution in [-0.2, 0) is 14.6 Å². The Kier molecular flexibility index (Phi) is 7.46. The number of nitrogens with zero attached hydrogens (tertiary/aromatic N) is 5. The van der Waals surface area contributed by atoms with Crippen molar-refractivity contribution in [3.63, 3.8) is 0 Å². The van der Waals surface area contributed by atoms with E-state index in [0.29, 0.717) is 48.6 Å². The van der Waals surface area contributed by atoms with Gasteiger partial charge in [0.05, 0.1) is 34.5 Å². The van der Waals surface area contributed by atoms with Gasteiger partial charge < -0.3 is 10.2 Å². The van der Waals surface area contributed by atoms with E-state index in [-0.39, 0.29) is 29.2 Å². The minimum atomic E-state index is -2.98. The number of anilines is 1. The minimum absolute atomic E-state index is 0.0983. The Labute approximate surface area is 250 Å². The largest absolute Gasteiger partial charge is 0.369 e. The van der Waals surface area contributed by atoms with Crippen LogP contribution < -0.4 is 10.2 Å². The van der Waals surface area contributed by atoms with Gasteiger partial charge in [-0.3, -0.25) is 4.79 Å². The summed E-state index contributed by atoms with van der Waals surface area (Å²) in [4.78, 5) is 15.6. The molecule has 2 aliphatic carbocycles. The molecule has 0 spiro atoms. The summed E-state index contributed by atoms with van der Waals surface area (Å²) in [7, 11) is -2.98. The molecule has 216 valence electrons. The van der Waals surface area contributed by atoms with Crippen molar-refractivity contribution in [1.82, 2.24) is 15.1 Å². The molecule has 3 fully saturated rings. The number of amides is 1. The first-order valence-electron chi connectivity index (χ1n) is 14.3. The van der Waals surface area contributed by atoms with Crippen LogP contribution in [0.25, 0.3) is 16.8 Å². The van der Waals surface area contributed by atoms with E-state index in [9.17, 15) is 23.7 Å². The molecule has 1 N–H and O–H groups in total. The van der Waals surface area contributed by atoms with E-state index >= 15 is 0 Å². The summed E-state index contributed by atoms with van der Waals surface area (Å²) in [5, 5.41) is 27.9. The van der Waals surface area contributed by atoms with Gasteiger partial charge in [-0.05, 0) is 61.6 Å². The standard InChI is InChI=1S/C31H31ClN6O3S/c32-23-7-10-28(22(17-23)18-33)38-19-27(21-5-8-24(9-6-21)37-13-15-42(40,41)16-14-37)29(36-38)25-3-1-2-4-26(25)30(39)35-31(20-34)11-12-31/h5-10,17,19,25-26H,1-4,11-16H2,(H,35,39)/t25-,26-/m1/s1. The van der Waals surface area contributed by atoms with Crippen molar-refractivity contribution in [2.45, 2.75) is 50.0 Å². The van der Waals surface area contributed by atoms with E-state index in [2.05, 4.69) is 22.4 Å². The van der Waals surface area contributed by atoms with Gasteiger partial charge in [0.1, 0.15) is 11.6 Å². The second kappa shape index (κ2) is 11.1. The number of halogens is 1. The molecule has 1 saturated heterocycles. The highest BCUT2D eigenvalue weighted by atomic mass is 35.5. The number of carbonyl (C=O) groups is 1. The van der Waals surface area contributed by atoms with Crippen molar-refractivity contribution in [3.8, 4) is 29.0 Å². The third kappa shape index (κ3) is 5.62. The zero-order chi connectivity index (χ0) is 29.5. The van der Waals surface area contributed by atoms with Crippen molar-refractivity contribution in [2.24, 2.45) is 5.92 Å². The number of carbonyl (C=O) groups excluding carboxylic acids is 1. The van der Waals surface area contributed by atoms with Crippen LogP contribution in [0.2, 0.25) is 5.02 Å². The lowest BCUT2D eigenvalue weighted by atomic mass is 9.75. The number of hydrogen-bond acceptors (Lipinski definition) is 7. The van der Waals surface area contributed by atoms with Gasteiger partial charge in [0, 0.05) is 47.4 Å². The number of nitriles is 2. The molecule has 2 aromatic carbocycles. The molecule has 0 bridgehead atoms. The summed E-state index contributed by atoms with van der Waals surface area (Å²) in [6.07, 6.45) is 6.65. The number of nitrogens with one attached hydrogen (secondary N) is 1. The molecule has 1 aliphatic heterocycles. The van der Waals surface area contributed by atoms with Gasteiger partial charge in [-0.25, -0.2) is 13.1 Å². The quantitative estimate of drug-likeness (QED) is 0.431. The molecule has 9 nitrogen and oxygen atoms in total. The molecule has 3 aromatic rings. The van der Waals surface area contributed by atoms with Gasteiger partial charge >= 0.3 is 0 Å². The zero-order valence-corrected chi connectivity index (χ0v) is 24.7. The maximum atomic E-state index is 13.5. The third-order valence-corrected chi connectivity index (χ3v) is 10.6. The van der Waals surface area contributed by atoms with Crippen LogP contribution in [0.15, 0.2) is 48.7 Å². The van der Waals surface area contributed by atoms with Crippen LogP contribution in [0.1, 0.15) is 55.7 Å². The van der Waals surface area contributed by atoms with E-state index in [1.807, 2.05) is 30.5 Å². The fourth-order valence-electron chi connectivity index (χ4n) is 6.12. The molecule has 2 heterocycles. The predicted octanol–water partition coefficient (Wildman–Crippen LogP) is 4.75. The van der Waals surface area contributed by atoms with Crippen molar-refractivity contribution < 1.29 is 13.2 Å². The minimum Gasteiger partial charge on any atom is -0.369 e. The second-order valence-corrected chi connectivity index (χ2v) is 14.3. The Balaban J connectivity index is 1.38. The summed E-state index contributed by atoms with van der Waals surface area (Å²) in [6.45, 7) is 0.919. The van der Waals surface area contributed by atoms with Crippen molar-refractivity contribution >= 4 is 33.0 Å². The van der Waals surface area contributed by atoms with Crippen LogP contribution in [0.4, 0.5) is 5.69 Å². The van der Waals surface area contributed by atoms with Crippen molar-refractivity contribution in [1.29, 1.82) is 10.5 Å². The third-order valence-electron chi connectivity index (χ3n) is 8.74. The lowest BCUT2D eigenvalue weighted by molar-refractivity contribution is -0.127. The first kappa shape index (κ1) is 28.3. The SMILES string of the molecule is N#Cc1cc(Cl)ccc1-n1cc(-c2ccc(N3CCS(=O)(=O)CC3)cc2)c([C@@H]2CCCC[C@H]2C(=O)NC2(C#N)CC2)n1. The van der Waals surface area contributed by atoms with E-state index < -0.39 is 15.4 Å². The molecule has 1 amide bonds. The summed E-state index contributed by atoms with van der Waals surface area (Å²) in [5.74, 6) is -0.284. The number of aromatic nitrogens is 2. The fraction of sp³-hybridized carbons (Fsp3) is 0.419. The average Bonchev–Trinajstić information content (AvgIpc) is 3.64. The normalized spacial score (nSPS) is 22.5. The number of sulfone groups is 1. The molecule has 0 unspecified atom stereocenters. The zero-order valence-electron chi connectivity index (χ0n) is 23.1. The maximum absolute atomic E-state index is 13.5. The summed E-state index contributed by atoms with van der Waals surface area (Å²) in [5.41, 5.74) is 3.77.